The average Bonchev–Trinajstić information content (AvgIpc) is 2.49. The Bertz CT molecular complexity index is 692. The van der Waals surface area contributed by atoms with E-state index in [9.17, 15) is 22.4 Å². The summed E-state index contributed by atoms with van der Waals surface area (Å²) in [5, 5.41) is 4.78. The fourth-order valence-electron chi connectivity index (χ4n) is 1.70. The first-order valence-corrected chi connectivity index (χ1v) is 6.51. The molecule has 0 saturated carbocycles. The van der Waals surface area contributed by atoms with Crippen LogP contribution in [0.15, 0.2) is 54.7 Å². The number of hydrogen-bond donors (Lipinski definition) is 2. The van der Waals surface area contributed by atoms with E-state index in [-0.39, 0.29) is 11.5 Å². The first-order chi connectivity index (χ1) is 10.8. The predicted octanol–water partition coefficient (Wildman–Crippen LogP) is 4.64. The Morgan fingerprint density at radius 3 is 2.13 bits per heavy atom. The number of halogens is 4. The molecule has 0 unspecified atom stereocenters. The third kappa shape index (κ3) is 5.14. The fraction of sp³-hybridized carbons (Fsp3) is 0.0625. The monoisotopic (exact) mass is 324 g/mol. The molecule has 0 aliphatic carbocycles. The number of carbonyl (C=O) groups excluding carboxylic acids is 1. The lowest BCUT2D eigenvalue weighted by Gasteiger charge is -2.08. The summed E-state index contributed by atoms with van der Waals surface area (Å²) in [6, 6.07) is 9.08. The van der Waals surface area contributed by atoms with Crippen LogP contribution in [0.3, 0.4) is 0 Å². The number of amides is 2. The second-order valence-corrected chi connectivity index (χ2v) is 4.56. The summed E-state index contributed by atoms with van der Waals surface area (Å²) < 4.78 is 49.9. The third-order valence-electron chi connectivity index (χ3n) is 2.83. The van der Waals surface area contributed by atoms with Gasteiger partial charge in [-0.3, -0.25) is 0 Å². The summed E-state index contributed by atoms with van der Waals surface area (Å²) in [4.78, 5) is 11.6. The van der Waals surface area contributed by atoms with Gasteiger partial charge >= 0.3 is 12.2 Å². The van der Waals surface area contributed by atoms with Crippen molar-refractivity contribution >= 4 is 17.8 Å². The first kappa shape index (κ1) is 16.5. The normalized spacial score (nSPS) is 11.5. The molecule has 2 amide bonds. The molecule has 0 aromatic heterocycles. The van der Waals surface area contributed by atoms with Gasteiger partial charge in [0.25, 0.3) is 0 Å². The van der Waals surface area contributed by atoms with E-state index in [1.165, 1.54) is 30.5 Å². The topological polar surface area (TPSA) is 41.1 Å². The molecule has 0 radical (unpaired) electrons. The molecule has 2 aromatic carbocycles. The Morgan fingerprint density at radius 2 is 1.57 bits per heavy atom. The zero-order valence-electron chi connectivity index (χ0n) is 11.7. The zero-order valence-corrected chi connectivity index (χ0v) is 11.7. The summed E-state index contributed by atoms with van der Waals surface area (Å²) >= 11 is 0. The number of anilines is 1. The van der Waals surface area contributed by atoms with Crippen molar-refractivity contribution in [3.05, 3.63) is 71.7 Å². The number of rotatable bonds is 3. The van der Waals surface area contributed by atoms with E-state index < -0.39 is 17.8 Å². The molecule has 0 fully saturated rings. The minimum absolute atomic E-state index is 0.227. The standard InChI is InChI=1S/C16H12F4N2O/c17-13-5-1-11(2-6-13)9-10-21-15(23)22-14-7-3-12(4-8-14)16(18,19)20/h1-10H,(H2,21,22,23)/b10-9+. The van der Waals surface area contributed by atoms with Crippen LogP contribution < -0.4 is 10.6 Å². The molecule has 0 saturated heterocycles. The second-order valence-electron chi connectivity index (χ2n) is 4.56. The molecule has 7 heteroatoms. The zero-order chi connectivity index (χ0) is 16.9. The van der Waals surface area contributed by atoms with Crippen LogP contribution in [0.1, 0.15) is 11.1 Å². The SMILES string of the molecule is O=C(N/C=C/c1ccc(F)cc1)Nc1ccc(C(F)(F)F)cc1. The van der Waals surface area contributed by atoms with Crippen molar-refractivity contribution in [3.8, 4) is 0 Å². The van der Waals surface area contributed by atoms with E-state index >= 15 is 0 Å². The highest BCUT2D eigenvalue weighted by Gasteiger charge is 2.29. The first-order valence-electron chi connectivity index (χ1n) is 6.51. The van der Waals surface area contributed by atoms with Gasteiger partial charge in [0, 0.05) is 11.9 Å². The van der Waals surface area contributed by atoms with Gasteiger partial charge in [-0.05, 0) is 48.0 Å². The lowest BCUT2D eigenvalue weighted by molar-refractivity contribution is -0.137. The molecule has 0 spiro atoms. The van der Waals surface area contributed by atoms with E-state index in [0.717, 1.165) is 24.3 Å². The van der Waals surface area contributed by atoms with Crippen LogP contribution >= 0.6 is 0 Å². The Labute approximate surface area is 129 Å². The molecule has 0 aliphatic rings. The van der Waals surface area contributed by atoms with Crippen LogP contribution in [0.25, 0.3) is 6.08 Å². The summed E-state index contributed by atoms with van der Waals surface area (Å²) in [6.07, 6.45) is -1.53. The second kappa shape index (κ2) is 6.95. The highest BCUT2D eigenvalue weighted by atomic mass is 19.4. The Morgan fingerprint density at radius 1 is 0.957 bits per heavy atom. The number of benzene rings is 2. The van der Waals surface area contributed by atoms with Gasteiger partial charge in [0.1, 0.15) is 5.82 Å². The van der Waals surface area contributed by atoms with Crippen LogP contribution in [0.2, 0.25) is 0 Å². The molecule has 0 heterocycles. The van der Waals surface area contributed by atoms with Crippen LogP contribution in [0.5, 0.6) is 0 Å². The van der Waals surface area contributed by atoms with Crippen LogP contribution in [0, 0.1) is 5.82 Å². The summed E-state index contributed by atoms with van der Waals surface area (Å²) in [5.74, 6) is -0.366. The van der Waals surface area contributed by atoms with Gasteiger partial charge < -0.3 is 10.6 Å². The number of hydrogen-bond acceptors (Lipinski definition) is 1. The van der Waals surface area contributed by atoms with E-state index in [0.29, 0.717) is 5.56 Å². The van der Waals surface area contributed by atoms with Gasteiger partial charge in [0.15, 0.2) is 0 Å². The number of nitrogens with one attached hydrogen (secondary N) is 2. The van der Waals surface area contributed by atoms with Gasteiger partial charge in [0.2, 0.25) is 0 Å². The summed E-state index contributed by atoms with van der Waals surface area (Å²) in [5.41, 5.74) is 0.117. The Hall–Kier alpha value is -2.83. The largest absolute Gasteiger partial charge is 0.416 e. The molecule has 0 atom stereocenters. The number of alkyl halides is 3. The van der Waals surface area contributed by atoms with Crippen molar-refractivity contribution in [1.82, 2.24) is 5.32 Å². The van der Waals surface area contributed by atoms with Gasteiger partial charge in [-0.15, -0.1) is 0 Å². The van der Waals surface area contributed by atoms with E-state index in [4.69, 9.17) is 0 Å². The van der Waals surface area contributed by atoms with Crippen molar-refractivity contribution in [2.75, 3.05) is 5.32 Å². The van der Waals surface area contributed by atoms with Gasteiger partial charge in [-0.2, -0.15) is 13.2 Å². The van der Waals surface area contributed by atoms with Crippen molar-refractivity contribution in [3.63, 3.8) is 0 Å². The van der Waals surface area contributed by atoms with Crippen molar-refractivity contribution in [2.24, 2.45) is 0 Å². The maximum atomic E-state index is 12.7. The molecular formula is C16H12F4N2O. The van der Waals surface area contributed by atoms with Crippen molar-refractivity contribution in [1.29, 1.82) is 0 Å². The molecule has 120 valence electrons. The van der Waals surface area contributed by atoms with Crippen molar-refractivity contribution in [2.45, 2.75) is 6.18 Å². The lowest BCUT2D eigenvalue weighted by Crippen LogP contribution is -2.23. The molecule has 23 heavy (non-hydrogen) atoms. The fourth-order valence-corrected chi connectivity index (χ4v) is 1.70. The molecule has 0 bridgehead atoms. The van der Waals surface area contributed by atoms with Gasteiger partial charge in [0.05, 0.1) is 5.56 Å². The van der Waals surface area contributed by atoms with Gasteiger partial charge in [-0.25, -0.2) is 9.18 Å². The predicted molar refractivity (Wildman–Crippen MR) is 79.0 cm³/mol. The smallest absolute Gasteiger partial charge is 0.314 e. The summed E-state index contributed by atoms with van der Waals surface area (Å²) in [6.45, 7) is 0. The maximum Gasteiger partial charge on any atom is 0.416 e. The summed E-state index contributed by atoms with van der Waals surface area (Å²) in [7, 11) is 0. The molecule has 3 nitrogen and oxygen atoms in total. The molecular weight excluding hydrogens is 312 g/mol. The minimum Gasteiger partial charge on any atom is -0.314 e. The Kier molecular flexibility index (Phi) is 5.00. The molecule has 2 aromatic rings. The minimum atomic E-state index is -4.42. The average molecular weight is 324 g/mol. The van der Waals surface area contributed by atoms with Gasteiger partial charge in [-0.1, -0.05) is 12.1 Å². The van der Waals surface area contributed by atoms with E-state index in [1.54, 1.807) is 6.08 Å². The van der Waals surface area contributed by atoms with Crippen LogP contribution in [0.4, 0.5) is 28.0 Å². The van der Waals surface area contributed by atoms with E-state index in [2.05, 4.69) is 10.6 Å². The molecule has 2 rings (SSSR count). The van der Waals surface area contributed by atoms with E-state index in [1.807, 2.05) is 0 Å². The highest BCUT2D eigenvalue weighted by molar-refractivity contribution is 5.90. The molecule has 0 aliphatic heterocycles. The quantitative estimate of drug-likeness (QED) is 0.794. The number of urea groups is 1. The van der Waals surface area contributed by atoms with Crippen LogP contribution in [-0.4, -0.2) is 6.03 Å². The van der Waals surface area contributed by atoms with Crippen LogP contribution in [-0.2, 0) is 6.18 Å². The highest BCUT2D eigenvalue weighted by Crippen LogP contribution is 2.29. The Balaban J connectivity index is 1.88. The van der Waals surface area contributed by atoms with Crippen molar-refractivity contribution < 1.29 is 22.4 Å². The lowest BCUT2D eigenvalue weighted by atomic mass is 10.2. The third-order valence-corrected chi connectivity index (χ3v) is 2.83. The number of carbonyl (C=O) groups is 1. The maximum absolute atomic E-state index is 12.7. The molecule has 2 N–H and O–H groups in total.